The van der Waals surface area contributed by atoms with Crippen LogP contribution in [0.25, 0.3) is 11.1 Å². The summed E-state index contributed by atoms with van der Waals surface area (Å²) in [5, 5.41) is 2.70. The fourth-order valence-corrected chi connectivity index (χ4v) is 4.89. The Morgan fingerprint density at radius 3 is 2.46 bits per heavy atom. The van der Waals surface area contributed by atoms with E-state index >= 15 is 0 Å². The number of sulfonamides is 1. The second-order valence-corrected chi connectivity index (χ2v) is 8.41. The minimum absolute atomic E-state index is 0.0521. The summed E-state index contributed by atoms with van der Waals surface area (Å²) in [7, 11) is -3.95. The van der Waals surface area contributed by atoms with Crippen molar-refractivity contribution in [2.75, 3.05) is 16.2 Å². The molecule has 0 atom stereocenters. The highest BCUT2D eigenvalue weighted by Crippen LogP contribution is 2.43. The summed E-state index contributed by atoms with van der Waals surface area (Å²) in [5.41, 5.74) is 2.76. The lowest BCUT2D eigenvalue weighted by Crippen LogP contribution is -2.40. The largest absolute Gasteiger partial charge is 0.325 e. The molecule has 0 saturated carbocycles. The number of nitrogens with one attached hydrogen (secondary N) is 1. The SMILES string of the molecule is Cc1ccc(NC(=O)CN2c3ccc(F)cc3-c3ccccc3S2(=O)=O)cc1. The Hall–Kier alpha value is -3.19. The van der Waals surface area contributed by atoms with E-state index in [1.165, 1.54) is 24.3 Å². The molecule has 0 saturated heterocycles. The van der Waals surface area contributed by atoms with Gasteiger partial charge in [0.05, 0.1) is 10.6 Å². The fourth-order valence-electron chi connectivity index (χ4n) is 3.24. The predicted molar refractivity (Wildman–Crippen MR) is 106 cm³/mol. The van der Waals surface area contributed by atoms with Crippen LogP contribution in [0.2, 0.25) is 0 Å². The molecule has 5 nitrogen and oxygen atoms in total. The van der Waals surface area contributed by atoms with Gasteiger partial charge in [0.2, 0.25) is 5.91 Å². The van der Waals surface area contributed by atoms with Crippen LogP contribution in [0, 0.1) is 12.7 Å². The Labute approximate surface area is 162 Å². The van der Waals surface area contributed by atoms with Gasteiger partial charge < -0.3 is 5.32 Å². The van der Waals surface area contributed by atoms with E-state index in [1.807, 2.05) is 19.1 Å². The molecule has 3 aromatic rings. The normalized spacial score (nSPS) is 14.1. The van der Waals surface area contributed by atoms with Crippen molar-refractivity contribution in [3.05, 3.63) is 78.1 Å². The molecule has 0 aliphatic carbocycles. The first kappa shape index (κ1) is 18.2. The van der Waals surface area contributed by atoms with E-state index in [2.05, 4.69) is 5.32 Å². The van der Waals surface area contributed by atoms with Crippen LogP contribution >= 0.6 is 0 Å². The minimum atomic E-state index is -3.95. The topological polar surface area (TPSA) is 66.5 Å². The van der Waals surface area contributed by atoms with Gasteiger partial charge in [-0.1, -0.05) is 35.9 Å². The highest BCUT2D eigenvalue weighted by atomic mass is 32.2. The molecule has 0 unspecified atom stereocenters. The van der Waals surface area contributed by atoms with Gasteiger partial charge in [0, 0.05) is 16.8 Å². The predicted octanol–water partition coefficient (Wildman–Crippen LogP) is 3.95. The van der Waals surface area contributed by atoms with E-state index in [-0.39, 0.29) is 10.6 Å². The summed E-state index contributed by atoms with van der Waals surface area (Å²) in [4.78, 5) is 12.6. The molecule has 0 spiro atoms. The zero-order valence-corrected chi connectivity index (χ0v) is 15.8. The number of carbonyl (C=O) groups is 1. The highest BCUT2D eigenvalue weighted by Gasteiger charge is 2.36. The number of rotatable bonds is 3. The van der Waals surface area contributed by atoms with Crippen molar-refractivity contribution in [2.24, 2.45) is 0 Å². The number of hydrogen-bond donors (Lipinski definition) is 1. The number of anilines is 2. The quantitative estimate of drug-likeness (QED) is 0.729. The van der Waals surface area contributed by atoms with Crippen LogP contribution in [0.5, 0.6) is 0 Å². The minimum Gasteiger partial charge on any atom is -0.325 e. The second-order valence-electron chi connectivity index (χ2n) is 6.58. The van der Waals surface area contributed by atoms with Gasteiger partial charge in [0.15, 0.2) is 0 Å². The van der Waals surface area contributed by atoms with E-state index in [4.69, 9.17) is 0 Å². The molecule has 0 radical (unpaired) electrons. The van der Waals surface area contributed by atoms with Crippen molar-refractivity contribution in [2.45, 2.75) is 11.8 Å². The molecule has 1 heterocycles. The van der Waals surface area contributed by atoms with Gasteiger partial charge in [-0.25, -0.2) is 12.8 Å². The first-order valence-electron chi connectivity index (χ1n) is 8.64. The molecule has 142 valence electrons. The molecule has 7 heteroatoms. The molecule has 1 aliphatic heterocycles. The van der Waals surface area contributed by atoms with Crippen LogP contribution < -0.4 is 9.62 Å². The molecule has 0 bridgehead atoms. The van der Waals surface area contributed by atoms with E-state index in [9.17, 15) is 17.6 Å². The molecule has 3 aromatic carbocycles. The van der Waals surface area contributed by atoms with Crippen molar-refractivity contribution in [1.82, 2.24) is 0 Å². The maximum Gasteiger partial charge on any atom is 0.265 e. The molecular weight excluding hydrogens is 379 g/mol. The standard InChI is InChI=1S/C21H17FN2O3S/c1-14-6-9-16(10-7-14)23-21(25)13-24-19-11-8-15(22)12-18(19)17-4-2-3-5-20(17)28(24,26)27/h2-12H,13H2,1H3,(H,23,25). The lowest BCUT2D eigenvalue weighted by Gasteiger charge is -2.31. The first-order valence-corrected chi connectivity index (χ1v) is 10.1. The van der Waals surface area contributed by atoms with E-state index in [0.717, 1.165) is 9.87 Å². The third-order valence-electron chi connectivity index (χ3n) is 4.60. The van der Waals surface area contributed by atoms with Gasteiger partial charge >= 0.3 is 0 Å². The smallest absolute Gasteiger partial charge is 0.265 e. The number of carbonyl (C=O) groups excluding carboxylic acids is 1. The van der Waals surface area contributed by atoms with Crippen molar-refractivity contribution >= 4 is 27.3 Å². The molecule has 0 aromatic heterocycles. The van der Waals surface area contributed by atoms with E-state index in [0.29, 0.717) is 16.8 Å². The van der Waals surface area contributed by atoms with E-state index < -0.39 is 28.3 Å². The zero-order valence-electron chi connectivity index (χ0n) is 15.0. The van der Waals surface area contributed by atoms with Gasteiger partial charge in [-0.05, 0) is 43.3 Å². The molecule has 1 N–H and O–H groups in total. The van der Waals surface area contributed by atoms with Crippen LogP contribution in [-0.4, -0.2) is 20.9 Å². The maximum atomic E-state index is 13.8. The fraction of sp³-hybridized carbons (Fsp3) is 0.0952. The molecule has 0 fully saturated rings. The molecule has 1 aliphatic rings. The zero-order chi connectivity index (χ0) is 19.9. The van der Waals surface area contributed by atoms with Crippen molar-refractivity contribution in [3.8, 4) is 11.1 Å². The number of halogens is 1. The Morgan fingerprint density at radius 1 is 1.00 bits per heavy atom. The van der Waals surface area contributed by atoms with Crippen molar-refractivity contribution in [1.29, 1.82) is 0 Å². The highest BCUT2D eigenvalue weighted by molar-refractivity contribution is 7.93. The van der Waals surface area contributed by atoms with Crippen LogP contribution in [0.1, 0.15) is 5.56 Å². The maximum absolute atomic E-state index is 13.8. The van der Waals surface area contributed by atoms with Gasteiger partial charge in [-0.3, -0.25) is 9.10 Å². The molecule has 1 amide bonds. The summed E-state index contributed by atoms with van der Waals surface area (Å²) in [6, 6.07) is 17.4. The Kier molecular flexibility index (Phi) is 4.39. The van der Waals surface area contributed by atoms with Gasteiger partial charge in [-0.2, -0.15) is 0 Å². The lowest BCUT2D eigenvalue weighted by atomic mass is 10.0. The summed E-state index contributed by atoms with van der Waals surface area (Å²) in [6.45, 7) is 1.52. The number of hydrogen-bond acceptors (Lipinski definition) is 3. The van der Waals surface area contributed by atoms with Crippen molar-refractivity contribution < 1.29 is 17.6 Å². The van der Waals surface area contributed by atoms with Crippen molar-refractivity contribution in [3.63, 3.8) is 0 Å². The average Bonchev–Trinajstić information content (AvgIpc) is 2.67. The Morgan fingerprint density at radius 2 is 1.71 bits per heavy atom. The van der Waals surface area contributed by atoms with Gasteiger partial charge in [-0.15, -0.1) is 0 Å². The average molecular weight is 396 g/mol. The third-order valence-corrected chi connectivity index (χ3v) is 6.41. The number of benzene rings is 3. The summed E-state index contributed by atoms with van der Waals surface area (Å²) in [6.07, 6.45) is 0. The van der Waals surface area contributed by atoms with Gasteiger partial charge in [0.25, 0.3) is 10.0 Å². The summed E-state index contributed by atoms with van der Waals surface area (Å²) < 4.78 is 41.1. The Bertz CT molecular complexity index is 1170. The molecule has 28 heavy (non-hydrogen) atoms. The van der Waals surface area contributed by atoms with Gasteiger partial charge in [0.1, 0.15) is 12.4 Å². The molecular formula is C21H17FN2O3S. The van der Waals surface area contributed by atoms with Crippen LogP contribution in [0.15, 0.2) is 71.6 Å². The summed E-state index contributed by atoms with van der Waals surface area (Å²) >= 11 is 0. The first-order chi connectivity index (χ1) is 13.4. The number of aryl methyl sites for hydroxylation is 1. The molecule has 4 rings (SSSR count). The van der Waals surface area contributed by atoms with Crippen LogP contribution in [-0.2, 0) is 14.8 Å². The Balaban J connectivity index is 1.72. The number of amides is 1. The summed E-state index contributed by atoms with van der Waals surface area (Å²) in [5.74, 6) is -0.959. The second kappa shape index (κ2) is 6.76. The van der Waals surface area contributed by atoms with E-state index in [1.54, 1.807) is 30.3 Å². The monoisotopic (exact) mass is 396 g/mol. The number of nitrogens with zero attached hydrogens (tertiary/aromatic N) is 1. The third kappa shape index (κ3) is 3.14. The number of fused-ring (bicyclic) bond motifs is 3. The van der Waals surface area contributed by atoms with Crippen LogP contribution in [0.4, 0.5) is 15.8 Å². The lowest BCUT2D eigenvalue weighted by molar-refractivity contribution is -0.114. The van der Waals surface area contributed by atoms with Crippen LogP contribution in [0.3, 0.4) is 0 Å².